The van der Waals surface area contributed by atoms with Crippen LogP contribution in [0.5, 0.6) is 0 Å². The summed E-state index contributed by atoms with van der Waals surface area (Å²) in [6, 6.07) is 15.0. The quantitative estimate of drug-likeness (QED) is 0.470. The average Bonchev–Trinajstić information content (AvgIpc) is 3.16. The van der Waals surface area contributed by atoms with Crippen LogP contribution in [0.2, 0.25) is 5.02 Å². The van der Waals surface area contributed by atoms with E-state index >= 15 is 0 Å². The molecule has 28 heavy (non-hydrogen) atoms. The number of nitriles is 1. The molecule has 3 atom stereocenters. The summed E-state index contributed by atoms with van der Waals surface area (Å²) < 4.78 is 13.4. The predicted molar refractivity (Wildman–Crippen MR) is 110 cm³/mol. The first-order chi connectivity index (χ1) is 13.5. The second kappa shape index (κ2) is 9.34. The Morgan fingerprint density at radius 2 is 2.00 bits per heavy atom. The number of hydrogen-bond acceptors (Lipinski definition) is 2. The fraction of sp³-hybridized carbons (Fsp3) is 0.417. The zero-order valence-electron chi connectivity index (χ0n) is 16.1. The zero-order valence-corrected chi connectivity index (χ0v) is 16.9. The van der Waals surface area contributed by atoms with E-state index in [1.807, 2.05) is 24.3 Å². The van der Waals surface area contributed by atoms with Crippen LogP contribution < -0.4 is 0 Å². The van der Waals surface area contributed by atoms with Crippen LogP contribution in [0.15, 0.2) is 42.5 Å². The Morgan fingerprint density at radius 1 is 1.25 bits per heavy atom. The van der Waals surface area contributed by atoms with Gasteiger partial charge in [0.1, 0.15) is 5.82 Å². The molecule has 0 aromatic heterocycles. The molecule has 0 saturated heterocycles. The van der Waals surface area contributed by atoms with Crippen LogP contribution in [0, 0.1) is 23.1 Å². The Hall–Kier alpha value is -2.18. The largest absolute Gasteiger partial charge is 0.294 e. The molecule has 0 bridgehead atoms. The average molecular weight is 398 g/mol. The molecule has 1 aliphatic carbocycles. The summed E-state index contributed by atoms with van der Waals surface area (Å²) in [5, 5.41) is 8.80. The SMILES string of the molecule is C[C@@H](CC1CC[C@H](c2ccc(C(=O)CCC#N)cc2)C1)c1ccc(F)c(Cl)c1. The van der Waals surface area contributed by atoms with Crippen molar-refractivity contribution in [2.24, 2.45) is 5.92 Å². The lowest BCUT2D eigenvalue weighted by atomic mass is 9.88. The lowest BCUT2D eigenvalue weighted by Gasteiger charge is -2.18. The van der Waals surface area contributed by atoms with Crippen LogP contribution in [0.25, 0.3) is 0 Å². The first-order valence-corrected chi connectivity index (χ1v) is 10.3. The maximum Gasteiger partial charge on any atom is 0.163 e. The zero-order chi connectivity index (χ0) is 20.1. The van der Waals surface area contributed by atoms with Gasteiger partial charge in [0, 0.05) is 18.4 Å². The van der Waals surface area contributed by atoms with Crippen LogP contribution in [0.1, 0.15) is 78.8 Å². The highest BCUT2D eigenvalue weighted by molar-refractivity contribution is 6.30. The molecule has 3 rings (SSSR count). The van der Waals surface area contributed by atoms with Gasteiger partial charge in [-0.3, -0.25) is 4.79 Å². The highest BCUT2D eigenvalue weighted by Gasteiger charge is 2.27. The molecule has 0 radical (unpaired) electrons. The third kappa shape index (κ3) is 5.00. The number of carbonyl (C=O) groups excluding carboxylic acids is 1. The molecular formula is C24H25ClFNO. The van der Waals surface area contributed by atoms with Crippen LogP contribution in [-0.2, 0) is 0 Å². The number of Topliss-reactive ketones (excluding diaryl/α,β-unsaturated/α-hetero) is 1. The monoisotopic (exact) mass is 397 g/mol. The number of hydrogen-bond donors (Lipinski definition) is 0. The van der Waals surface area contributed by atoms with Gasteiger partial charge >= 0.3 is 0 Å². The van der Waals surface area contributed by atoms with E-state index < -0.39 is 0 Å². The topological polar surface area (TPSA) is 40.9 Å². The lowest BCUT2D eigenvalue weighted by molar-refractivity contribution is 0.0984. The van der Waals surface area contributed by atoms with E-state index in [2.05, 4.69) is 19.1 Å². The molecule has 2 nitrogen and oxygen atoms in total. The van der Waals surface area contributed by atoms with Crippen molar-refractivity contribution in [2.45, 2.75) is 57.3 Å². The van der Waals surface area contributed by atoms with Gasteiger partial charge < -0.3 is 0 Å². The van der Waals surface area contributed by atoms with Gasteiger partial charge in [-0.15, -0.1) is 0 Å². The Labute approximate surface area is 171 Å². The van der Waals surface area contributed by atoms with Crippen molar-refractivity contribution in [1.82, 2.24) is 0 Å². The highest BCUT2D eigenvalue weighted by atomic mass is 35.5. The van der Waals surface area contributed by atoms with E-state index in [4.69, 9.17) is 16.9 Å². The molecule has 1 fully saturated rings. The molecular weight excluding hydrogens is 373 g/mol. The van der Waals surface area contributed by atoms with Gasteiger partial charge in [-0.1, -0.05) is 48.9 Å². The van der Waals surface area contributed by atoms with E-state index in [0.717, 1.165) is 24.8 Å². The van der Waals surface area contributed by atoms with Gasteiger partial charge in [-0.2, -0.15) is 5.26 Å². The molecule has 0 spiro atoms. The first-order valence-electron chi connectivity index (χ1n) is 9.93. The molecule has 1 aliphatic rings. The Morgan fingerprint density at radius 3 is 2.68 bits per heavy atom. The third-order valence-corrected chi connectivity index (χ3v) is 6.20. The number of benzene rings is 2. The van der Waals surface area contributed by atoms with Gasteiger partial charge in [0.15, 0.2) is 5.78 Å². The maximum absolute atomic E-state index is 13.4. The number of nitrogens with zero attached hydrogens (tertiary/aromatic N) is 1. The summed E-state index contributed by atoms with van der Waals surface area (Å²) in [5.74, 6) is 1.18. The van der Waals surface area contributed by atoms with E-state index in [1.165, 1.54) is 18.1 Å². The van der Waals surface area contributed by atoms with Crippen LogP contribution in [0.3, 0.4) is 0 Å². The Bertz CT molecular complexity index is 871. The molecule has 0 aliphatic heterocycles. The summed E-state index contributed by atoms with van der Waals surface area (Å²) in [5.41, 5.74) is 3.07. The number of ketones is 1. The number of rotatable bonds is 7. The van der Waals surface area contributed by atoms with Crippen LogP contribution in [0.4, 0.5) is 4.39 Å². The second-order valence-corrected chi connectivity index (χ2v) is 8.30. The predicted octanol–water partition coefficient (Wildman–Crippen LogP) is 7.04. The van der Waals surface area contributed by atoms with Crippen LogP contribution >= 0.6 is 11.6 Å². The van der Waals surface area contributed by atoms with Crippen molar-refractivity contribution < 1.29 is 9.18 Å². The van der Waals surface area contributed by atoms with E-state index in [9.17, 15) is 9.18 Å². The summed E-state index contributed by atoms with van der Waals surface area (Å²) in [7, 11) is 0. The second-order valence-electron chi connectivity index (χ2n) is 7.89. The smallest absolute Gasteiger partial charge is 0.163 e. The van der Waals surface area contributed by atoms with Crippen molar-refractivity contribution >= 4 is 17.4 Å². The molecule has 146 valence electrons. The molecule has 1 unspecified atom stereocenters. The fourth-order valence-electron chi connectivity index (χ4n) is 4.30. The van der Waals surface area contributed by atoms with Gasteiger partial charge in [0.2, 0.25) is 0 Å². The Balaban J connectivity index is 1.57. The molecule has 0 heterocycles. The van der Waals surface area contributed by atoms with Crippen molar-refractivity contribution in [2.75, 3.05) is 0 Å². The van der Waals surface area contributed by atoms with Crippen molar-refractivity contribution in [3.05, 3.63) is 70.0 Å². The summed E-state index contributed by atoms with van der Waals surface area (Å²) >= 11 is 5.93. The van der Waals surface area contributed by atoms with Crippen LogP contribution in [-0.4, -0.2) is 5.78 Å². The van der Waals surface area contributed by atoms with Gasteiger partial charge in [-0.25, -0.2) is 4.39 Å². The summed E-state index contributed by atoms with van der Waals surface area (Å²) in [6.45, 7) is 2.18. The van der Waals surface area contributed by atoms with E-state index in [1.54, 1.807) is 6.07 Å². The molecule has 2 aromatic carbocycles. The van der Waals surface area contributed by atoms with Crippen molar-refractivity contribution in [3.8, 4) is 6.07 Å². The molecule has 0 N–H and O–H groups in total. The van der Waals surface area contributed by atoms with E-state index in [-0.39, 0.29) is 29.5 Å². The molecule has 2 aromatic rings. The first kappa shape index (κ1) is 20.6. The summed E-state index contributed by atoms with van der Waals surface area (Å²) in [4.78, 5) is 12.0. The fourth-order valence-corrected chi connectivity index (χ4v) is 4.49. The minimum Gasteiger partial charge on any atom is -0.294 e. The minimum atomic E-state index is -0.368. The van der Waals surface area contributed by atoms with E-state index in [0.29, 0.717) is 23.3 Å². The Kier molecular flexibility index (Phi) is 6.86. The maximum atomic E-state index is 13.4. The van der Waals surface area contributed by atoms with Crippen molar-refractivity contribution in [3.63, 3.8) is 0 Å². The third-order valence-electron chi connectivity index (χ3n) is 5.91. The minimum absolute atomic E-state index is 0.0316. The standard InChI is InChI=1S/C24H25ClFNO/c1-16(20-10-11-23(26)22(25)15-20)13-17-4-5-21(14-17)18-6-8-19(9-7-18)24(28)3-2-12-27/h6-11,15-17,21H,2-5,13-14H2,1H3/t16-,17?,21-/m0/s1. The summed E-state index contributed by atoms with van der Waals surface area (Å²) in [6.07, 6.45) is 5.11. The molecule has 0 amide bonds. The molecule has 4 heteroatoms. The van der Waals surface area contributed by atoms with Gasteiger partial charge in [0.25, 0.3) is 0 Å². The number of halogens is 2. The molecule has 1 saturated carbocycles. The highest BCUT2D eigenvalue weighted by Crippen LogP contribution is 2.42. The lowest BCUT2D eigenvalue weighted by Crippen LogP contribution is -2.03. The van der Waals surface area contributed by atoms with Crippen molar-refractivity contribution in [1.29, 1.82) is 5.26 Å². The van der Waals surface area contributed by atoms with Gasteiger partial charge in [0.05, 0.1) is 11.1 Å². The van der Waals surface area contributed by atoms with Gasteiger partial charge in [-0.05, 0) is 66.7 Å². The number of carbonyl (C=O) groups is 1. The normalized spacial score (nSPS) is 19.9.